The zero-order valence-electron chi connectivity index (χ0n) is 14.0. The third-order valence-corrected chi connectivity index (χ3v) is 4.70. The van der Waals surface area contributed by atoms with Crippen molar-refractivity contribution in [2.24, 2.45) is 0 Å². The molecule has 22 heavy (non-hydrogen) atoms. The van der Waals surface area contributed by atoms with Crippen molar-refractivity contribution in [1.29, 1.82) is 0 Å². The second-order valence-corrected chi connectivity index (χ2v) is 7.64. The Morgan fingerprint density at radius 2 is 2.05 bits per heavy atom. The normalized spacial score (nSPS) is 25.7. The minimum absolute atomic E-state index is 0.0161. The lowest BCUT2D eigenvalue weighted by Gasteiger charge is -2.27. The van der Waals surface area contributed by atoms with Crippen molar-refractivity contribution >= 4 is 5.91 Å². The molecular formula is C16H26N4O2. The average molecular weight is 306 g/mol. The van der Waals surface area contributed by atoms with Gasteiger partial charge in [-0.1, -0.05) is 5.21 Å². The van der Waals surface area contributed by atoms with E-state index < -0.39 is 0 Å². The van der Waals surface area contributed by atoms with Gasteiger partial charge in [-0.2, -0.15) is 0 Å². The molecule has 6 heteroatoms. The summed E-state index contributed by atoms with van der Waals surface area (Å²) in [6.07, 6.45) is 5.09. The quantitative estimate of drug-likeness (QED) is 0.921. The molecule has 122 valence electrons. The van der Waals surface area contributed by atoms with Gasteiger partial charge in [-0.25, -0.2) is 4.68 Å². The number of ether oxygens (including phenoxy) is 1. The first-order valence-electron chi connectivity index (χ1n) is 8.18. The minimum Gasteiger partial charge on any atom is -0.367 e. The van der Waals surface area contributed by atoms with E-state index in [1.165, 1.54) is 6.42 Å². The molecule has 0 aromatic carbocycles. The van der Waals surface area contributed by atoms with Crippen molar-refractivity contribution in [3.8, 4) is 0 Å². The summed E-state index contributed by atoms with van der Waals surface area (Å²) in [4.78, 5) is 12.4. The fourth-order valence-corrected chi connectivity index (χ4v) is 3.71. The van der Waals surface area contributed by atoms with Crippen LogP contribution in [0.5, 0.6) is 0 Å². The van der Waals surface area contributed by atoms with Crippen LogP contribution in [0, 0.1) is 0 Å². The molecule has 2 heterocycles. The van der Waals surface area contributed by atoms with E-state index in [0.717, 1.165) is 37.1 Å². The van der Waals surface area contributed by atoms with Gasteiger partial charge in [0.15, 0.2) is 0 Å². The van der Waals surface area contributed by atoms with Gasteiger partial charge in [0.1, 0.15) is 6.54 Å². The second kappa shape index (κ2) is 5.33. The Kier molecular flexibility index (Phi) is 3.75. The van der Waals surface area contributed by atoms with Crippen LogP contribution in [0.15, 0.2) is 0 Å². The van der Waals surface area contributed by atoms with Crippen LogP contribution in [-0.2, 0) is 28.9 Å². The summed E-state index contributed by atoms with van der Waals surface area (Å²) in [5.41, 5.74) is 1.64. The molecule has 1 fully saturated rings. The zero-order valence-corrected chi connectivity index (χ0v) is 14.0. The first-order chi connectivity index (χ1) is 10.3. The second-order valence-electron chi connectivity index (χ2n) is 7.64. The molecule has 0 spiro atoms. The maximum Gasteiger partial charge on any atom is 0.242 e. The molecule has 0 bridgehead atoms. The number of aryl methyl sites for hydroxylation is 1. The number of fused-ring (bicyclic) bond motifs is 1. The molecule has 1 saturated heterocycles. The van der Waals surface area contributed by atoms with Crippen molar-refractivity contribution in [1.82, 2.24) is 20.3 Å². The van der Waals surface area contributed by atoms with Crippen molar-refractivity contribution in [3.63, 3.8) is 0 Å². The van der Waals surface area contributed by atoms with E-state index in [0.29, 0.717) is 0 Å². The van der Waals surface area contributed by atoms with Gasteiger partial charge in [-0.15, -0.1) is 5.10 Å². The lowest BCUT2D eigenvalue weighted by atomic mass is 9.94. The van der Waals surface area contributed by atoms with Gasteiger partial charge in [-0.05, 0) is 59.8 Å². The first kappa shape index (κ1) is 15.5. The van der Waals surface area contributed by atoms with Gasteiger partial charge in [-0.3, -0.25) is 4.79 Å². The van der Waals surface area contributed by atoms with E-state index in [1.807, 2.05) is 13.8 Å². The predicted molar refractivity (Wildman–Crippen MR) is 82.5 cm³/mol. The van der Waals surface area contributed by atoms with Crippen LogP contribution in [0.3, 0.4) is 0 Å². The highest BCUT2D eigenvalue weighted by atomic mass is 16.5. The topological polar surface area (TPSA) is 69.0 Å². The molecule has 1 N–H and O–H groups in total. The molecule has 1 aliphatic carbocycles. The molecule has 2 aliphatic rings. The zero-order chi connectivity index (χ0) is 16.0. The van der Waals surface area contributed by atoms with Gasteiger partial charge in [0.25, 0.3) is 0 Å². The summed E-state index contributed by atoms with van der Waals surface area (Å²) in [5, 5.41) is 11.5. The summed E-state index contributed by atoms with van der Waals surface area (Å²) in [6, 6.07) is 0.0225. The standard InChI is InChI=1S/C16H26N4O2/c1-15(2)9-13(16(3,4)22-15)17-14(21)10-20-12-8-6-5-7-11(12)18-19-20/h13H,5-10H2,1-4H3,(H,17,21)/t13-/m0/s1. The van der Waals surface area contributed by atoms with Gasteiger partial charge >= 0.3 is 0 Å². The largest absolute Gasteiger partial charge is 0.367 e. The van der Waals surface area contributed by atoms with E-state index >= 15 is 0 Å². The van der Waals surface area contributed by atoms with E-state index in [1.54, 1.807) is 4.68 Å². The number of aromatic nitrogens is 3. The maximum absolute atomic E-state index is 12.4. The number of nitrogens with zero attached hydrogens (tertiary/aromatic N) is 3. The highest BCUT2D eigenvalue weighted by Crippen LogP contribution is 2.37. The SMILES string of the molecule is CC1(C)C[C@H](NC(=O)Cn2nnc3c2CCCC3)C(C)(C)O1. The number of carbonyl (C=O) groups is 1. The Bertz CT molecular complexity index is 577. The Morgan fingerprint density at radius 1 is 1.32 bits per heavy atom. The smallest absolute Gasteiger partial charge is 0.242 e. The van der Waals surface area contributed by atoms with Crippen LogP contribution in [0.4, 0.5) is 0 Å². The van der Waals surface area contributed by atoms with Crippen LogP contribution in [0.2, 0.25) is 0 Å². The van der Waals surface area contributed by atoms with Crippen LogP contribution in [0.1, 0.15) is 58.3 Å². The number of hydrogen-bond acceptors (Lipinski definition) is 4. The van der Waals surface area contributed by atoms with Gasteiger partial charge < -0.3 is 10.1 Å². The number of amides is 1. The highest BCUT2D eigenvalue weighted by molar-refractivity contribution is 5.76. The van der Waals surface area contributed by atoms with Crippen LogP contribution < -0.4 is 5.32 Å². The molecule has 1 amide bonds. The van der Waals surface area contributed by atoms with Crippen LogP contribution in [0.25, 0.3) is 0 Å². The van der Waals surface area contributed by atoms with Crippen molar-refractivity contribution < 1.29 is 9.53 Å². The number of hydrogen-bond donors (Lipinski definition) is 1. The van der Waals surface area contributed by atoms with Crippen LogP contribution in [-0.4, -0.2) is 38.1 Å². The molecule has 0 unspecified atom stereocenters. The van der Waals surface area contributed by atoms with Gasteiger partial charge in [0.2, 0.25) is 5.91 Å². The van der Waals surface area contributed by atoms with E-state index in [2.05, 4.69) is 29.5 Å². The fourth-order valence-electron chi connectivity index (χ4n) is 3.71. The molecule has 0 radical (unpaired) electrons. The van der Waals surface area contributed by atoms with Crippen molar-refractivity contribution in [2.45, 2.75) is 83.6 Å². The van der Waals surface area contributed by atoms with E-state index in [-0.39, 0.29) is 29.7 Å². The summed E-state index contributed by atoms with van der Waals surface area (Å²) in [6.45, 7) is 8.44. The summed E-state index contributed by atoms with van der Waals surface area (Å²) < 4.78 is 7.79. The molecular weight excluding hydrogens is 280 g/mol. The third-order valence-electron chi connectivity index (χ3n) is 4.70. The summed E-state index contributed by atoms with van der Waals surface area (Å²) >= 11 is 0. The predicted octanol–water partition coefficient (Wildman–Crippen LogP) is 1.62. The average Bonchev–Trinajstić information content (AvgIpc) is 2.88. The molecule has 1 atom stereocenters. The van der Waals surface area contributed by atoms with Crippen molar-refractivity contribution in [2.75, 3.05) is 0 Å². The van der Waals surface area contributed by atoms with Gasteiger partial charge in [0, 0.05) is 0 Å². The monoisotopic (exact) mass is 306 g/mol. The number of nitrogens with one attached hydrogen (secondary N) is 1. The lowest BCUT2D eigenvalue weighted by molar-refractivity contribution is -0.124. The van der Waals surface area contributed by atoms with Crippen molar-refractivity contribution in [3.05, 3.63) is 11.4 Å². The molecule has 1 aromatic rings. The summed E-state index contributed by atoms with van der Waals surface area (Å²) in [7, 11) is 0. The minimum atomic E-state index is -0.346. The molecule has 3 rings (SSSR count). The maximum atomic E-state index is 12.4. The lowest BCUT2D eigenvalue weighted by Crippen LogP contribution is -2.47. The molecule has 1 aliphatic heterocycles. The van der Waals surface area contributed by atoms with Gasteiger partial charge in [0.05, 0.1) is 28.6 Å². The summed E-state index contributed by atoms with van der Waals surface area (Å²) in [5.74, 6) is -0.0161. The highest BCUT2D eigenvalue weighted by Gasteiger charge is 2.46. The Balaban J connectivity index is 1.65. The fraction of sp³-hybridized carbons (Fsp3) is 0.812. The Morgan fingerprint density at radius 3 is 2.73 bits per heavy atom. The number of rotatable bonds is 3. The number of carbonyl (C=O) groups excluding carboxylic acids is 1. The Hall–Kier alpha value is -1.43. The molecule has 1 aromatic heterocycles. The first-order valence-corrected chi connectivity index (χ1v) is 8.18. The molecule has 0 saturated carbocycles. The van der Waals surface area contributed by atoms with Crippen LogP contribution >= 0.6 is 0 Å². The molecule has 6 nitrogen and oxygen atoms in total. The van der Waals surface area contributed by atoms with E-state index in [9.17, 15) is 4.79 Å². The van der Waals surface area contributed by atoms with E-state index in [4.69, 9.17) is 4.74 Å². The Labute approximate surface area is 131 Å². The third kappa shape index (κ3) is 3.02.